The lowest BCUT2D eigenvalue weighted by molar-refractivity contribution is -0.109. The number of para-hydroxylation sites is 1. The van der Waals surface area contributed by atoms with Crippen molar-refractivity contribution >= 4 is 6.29 Å². The van der Waals surface area contributed by atoms with Gasteiger partial charge in [-0.05, 0) is 42.7 Å². The number of hydrogen-bond donors (Lipinski definition) is 0. The van der Waals surface area contributed by atoms with E-state index in [4.69, 9.17) is 9.47 Å². The van der Waals surface area contributed by atoms with Crippen LogP contribution in [0.2, 0.25) is 0 Å². The van der Waals surface area contributed by atoms with E-state index in [-0.39, 0.29) is 5.92 Å². The Balaban J connectivity index is 2.24. The molecule has 0 aliphatic rings. The second-order valence-corrected chi connectivity index (χ2v) is 4.76. The van der Waals surface area contributed by atoms with Crippen LogP contribution in [0.4, 0.5) is 0 Å². The highest BCUT2D eigenvalue weighted by atomic mass is 16.5. The minimum absolute atomic E-state index is 0.207. The van der Waals surface area contributed by atoms with Gasteiger partial charge in [-0.2, -0.15) is 0 Å². The molecular weight excluding hydrogens is 264 g/mol. The lowest BCUT2D eigenvalue weighted by Gasteiger charge is -2.15. The number of carbonyl (C=O) groups is 1. The summed E-state index contributed by atoms with van der Waals surface area (Å²) in [6.07, 6.45) is 1.60. The molecule has 0 spiro atoms. The Hall–Kier alpha value is -2.29. The summed E-state index contributed by atoms with van der Waals surface area (Å²) in [4.78, 5) is 11.5. The Morgan fingerprint density at radius 1 is 1.14 bits per heavy atom. The van der Waals surface area contributed by atoms with Gasteiger partial charge in [-0.25, -0.2) is 0 Å². The molecule has 0 saturated heterocycles. The molecule has 0 amide bonds. The van der Waals surface area contributed by atoms with E-state index in [1.54, 1.807) is 7.11 Å². The van der Waals surface area contributed by atoms with Gasteiger partial charge in [0.1, 0.15) is 17.8 Å². The monoisotopic (exact) mass is 284 g/mol. The normalized spacial score (nSPS) is 11.7. The maximum atomic E-state index is 11.5. The predicted molar refractivity (Wildman–Crippen MR) is 83.1 cm³/mol. The second-order valence-electron chi connectivity index (χ2n) is 4.76. The second kappa shape index (κ2) is 7.48. The molecule has 1 unspecified atom stereocenters. The molecule has 0 N–H and O–H groups in total. The Kier molecular flexibility index (Phi) is 5.38. The summed E-state index contributed by atoms with van der Waals surface area (Å²) in [7, 11) is 1.62. The molecule has 2 aromatic rings. The minimum atomic E-state index is -0.207. The number of aldehydes is 1. The molecule has 0 fully saturated rings. The zero-order valence-electron chi connectivity index (χ0n) is 12.4. The largest absolute Gasteiger partial charge is 0.497 e. The molecule has 0 bridgehead atoms. The molecule has 0 radical (unpaired) electrons. The van der Waals surface area contributed by atoms with Crippen molar-refractivity contribution in [2.75, 3.05) is 13.7 Å². The van der Waals surface area contributed by atoms with Crippen molar-refractivity contribution in [2.45, 2.75) is 19.3 Å². The summed E-state index contributed by atoms with van der Waals surface area (Å²) in [6.45, 7) is 2.57. The fourth-order valence-corrected chi connectivity index (χ4v) is 2.32. The van der Waals surface area contributed by atoms with Crippen LogP contribution in [0.3, 0.4) is 0 Å². The summed E-state index contributed by atoms with van der Waals surface area (Å²) in [5.74, 6) is 1.40. The van der Waals surface area contributed by atoms with E-state index in [0.717, 1.165) is 28.9 Å². The number of carbonyl (C=O) groups excluding carboxylic acids is 1. The van der Waals surface area contributed by atoms with Gasteiger partial charge < -0.3 is 14.3 Å². The topological polar surface area (TPSA) is 35.5 Å². The van der Waals surface area contributed by atoms with Gasteiger partial charge in [0.05, 0.1) is 13.7 Å². The molecule has 3 heteroatoms. The molecule has 21 heavy (non-hydrogen) atoms. The Bertz CT molecular complexity index is 593. The van der Waals surface area contributed by atoms with Crippen LogP contribution in [-0.2, 0) is 11.2 Å². The summed E-state index contributed by atoms with van der Waals surface area (Å²) >= 11 is 0. The molecule has 110 valence electrons. The van der Waals surface area contributed by atoms with Crippen molar-refractivity contribution in [2.24, 2.45) is 0 Å². The van der Waals surface area contributed by atoms with E-state index < -0.39 is 0 Å². The van der Waals surface area contributed by atoms with Gasteiger partial charge in [0.2, 0.25) is 0 Å². The quantitative estimate of drug-likeness (QED) is 0.728. The van der Waals surface area contributed by atoms with E-state index in [1.807, 2.05) is 55.5 Å². The van der Waals surface area contributed by atoms with Gasteiger partial charge in [-0.1, -0.05) is 30.3 Å². The number of rotatable bonds is 7. The van der Waals surface area contributed by atoms with Crippen molar-refractivity contribution in [3.8, 4) is 11.5 Å². The smallest absolute Gasteiger partial charge is 0.127 e. The number of hydrogen-bond acceptors (Lipinski definition) is 3. The molecule has 2 aromatic carbocycles. The zero-order chi connectivity index (χ0) is 15.1. The summed E-state index contributed by atoms with van der Waals surface area (Å²) in [5.41, 5.74) is 2.00. The molecule has 2 rings (SSSR count). The van der Waals surface area contributed by atoms with Crippen LogP contribution in [0.1, 0.15) is 24.0 Å². The highest BCUT2D eigenvalue weighted by Crippen LogP contribution is 2.27. The van der Waals surface area contributed by atoms with Crippen LogP contribution in [0.5, 0.6) is 11.5 Å². The Morgan fingerprint density at radius 3 is 2.67 bits per heavy atom. The van der Waals surface area contributed by atoms with Crippen molar-refractivity contribution in [1.82, 2.24) is 0 Å². The zero-order valence-corrected chi connectivity index (χ0v) is 12.4. The van der Waals surface area contributed by atoms with Crippen LogP contribution >= 0.6 is 0 Å². The maximum Gasteiger partial charge on any atom is 0.127 e. The lowest BCUT2D eigenvalue weighted by Crippen LogP contribution is -2.06. The van der Waals surface area contributed by atoms with Crippen molar-refractivity contribution < 1.29 is 14.3 Å². The van der Waals surface area contributed by atoms with Crippen LogP contribution < -0.4 is 9.47 Å². The SMILES string of the molecule is CCOc1ccccc1CC(C=O)c1cccc(OC)c1. The number of ether oxygens (including phenoxy) is 2. The standard InChI is InChI=1S/C18H20O3/c1-3-21-18-10-5-4-7-15(18)11-16(13-19)14-8-6-9-17(12-14)20-2/h4-10,12-13,16H,3,11H2,1-2H3. The van der Waals surface area contributed by atoms with E-state index in [0.29, 0.717) is 13.0 Å². The molecule has 0 aromatic heterocycles. The number of methoxy groups -OCH3 is 1. The first kappa shape index (κ1) is 15.1. The first-order chi connectivity index (χ1) is 10.3. The molecular formula is C18H20O3. The predicted octanol–water partition coefficient (Wildman–Crippen LogP) is 3.62. The Labute approximate surface area is 125 Å². The van der Waals surface area contributed by atoms with Gasteiger partial charge in [0.15, 0.2) is 0 Å². The fraction of sp³-hybridized carbons (Fsp3) is 0.278. The third-order valence-electron chi connectivity index (χ3n) is 3.40. The summed E-state index contributed by atoms with van der Waals surface area (Å²) in [5, 5.41) is 0. The average molecular weight is 284 g/mol. The third-order valence-corrected chi connectivity index (χ3v) is 3.40. The first-order valence-electron chi connectivity index (χ1n) is 7.08. The van der Waals surface area contributed by atoms with Crippen LogP contribution in [0.15, 0.2) is 48.5 Å². The molecule has 0 aliphatic heterocycles. The van der Waals surface area contributed by atoms with Crippen LogP contribution in [0.25, 0.3) is 0 Å². The van der Waals surface area contributed by atoms with Crippen LogP contribution in [0, 0.1) is 0 Å². The summed E-state index contributed by atoms with van der Waals surface area (Å²) < 4.78 is 10.8. The van der Waals surface area contributed by atoms with Gasteiger partial charge >= 0.3 is 0 Å². The van der Waals surface area contributed by atoms with Gasteiger partial charge in [0.25, 0.3) is 0 Å². The highest BCUT2D eigenvalue weighted by Gasteiger charge is 2.14. The molecule has 0 saturated carbocycles. The maximum absolute atomic E-state index is 11.5. The van der Waals surface area contributed by atoms with E-state index in [2.05, 4.69) is 0 Å². The number of benzene rings is 2. The van der Waals surface area contributed by atoms with Gasteiger partial charge in [-0.3, -0.25) is 0 Å². The summed E-state index contributed by atoms with van der Waals surface area (Å²) in [6, 6.07) is 15.5. The fourth-order valence-electron chi connectivity index (χ4n) is 2.32. The lowest BCUT2D eigenvalue weighted by atomic mass is 9.92. The molecule has 0 heterocycles. The van der Waals surface area contributed by atoms with Crippen molar-refractivity contribution in [1.29, 1.82) is 0 Å². The Morgan fingerprint density at radius 2 is 1.95 bits per heavy atom. The van der Waals surface area contributed by atoms with Crippen LogP contribution in [-0.4, -0.2) is 20.0 Å². The third kappa shape index (κ3) is 3.85. The van der Waals surface area contributed by atoms with Crippen molar-refractivity contribution in [3.05, 3.63) is 59.7 Å². The van der Waals surface area contributed by atoms with Crippen molar-refractivity contribution in [3.63, 3.8) is 0 Å². The van der Waals surface area contributed by atoms with Gasteiger partial charge in [0, 0.05) is 5.92 Å². The van der Waals surface area contributed by atoms with E-state index >= 15 is 0 Å². The van der Waals surface area contributed by atoms with E-state index in [9.17, 15) is 4.79 Å². The average Bonchev–Trinajstić information content (AvgIpc) is 2.54. The molecule has 1 atom stereocenters. The van der Waals surface area contributed by atoms with E-state index in [1.165, 1.54) is 0 Å². The molecule has 0 aliphatic carbocycles. The van der Waals surface area contributed by atoms with Gasteiger partial charge in [-0.15, -0.1) is 0 Å². The molecule has 3 nitrogen and oxygen atoms in total. The highest BCUT2D eigenvalue weighted by molar-refractivity contribution is 5.64. The minimum Gasteiger partial charge on any atom is -0.497 e. The first-order valence-corrected chi connectivity index (χ1v) is 7.08.